The maximum Gasteiger partial charge on any atom is 0.254 e. The second kappa shape index (κ2) is 9.53. The predicted molar refractivity (Wildman–Crippen MR) is 109 cm³/mol. The van der Waals surface area contributed by atoms with Crippen LogP contribution in [0.5, 0.6) is 0 Å². The molecule has 1 amide bonds. The Bertz CT molecular complexity index is 890. The largest absolute Gasteiger partial charge is 0.352 e. The maximum absolute atomic E-state index is 12.7. The third-order valence-electron chi connectivity index (χ3n) is 3.97. The fourth-order valence-corrected chi connectivity index (χ4v) is 3.65. The van der Waals surface area contributed by atoms with Gasteiger partial charge in [-0.25, -0.2) is 0 Å². The monoisotopic (exact) mass is 397 g/mol. The van der Waals surface area contributed by atoms with Gasteiger partial charge >= 0.3 is 0 Å². The molecule has 0 fully saturated rings. The molecular weight excluding hydrogens is 378 g/mol. The lowest BCUT2D eigenvalue weighted by atomic mass is 10.0. The van der Waals surface area contributed by atoms with Crippen LogP contribution in [0.2, 0.25) is 5.15 Å². The number of halogens is 1. The lowest BCUT2D eigenvalue weighted by Gasteiger charge is -2.14. The second-order valence-electron chi connectivity index (χ2n) is 6.31. The highest BCUT2D eigenvalue weighted by Gasteiger charge is 2.16. The van der Waals surface area contributed by atoms with Crippen molar-refractivity contribution in [2.75, 3.05) is 6.54 Å². The first-order valence-electron chi connectivity index (χ1n) is 8.70. The van der Waals surface area contributed by atoms with Gasteiger partial charge in [0, 0.05) is 11.4 Å². The molecule has 1 N–H and O–H groups in total. The van der Waals surface area contributed by atoms with Gasteiger partial charge in [0.25, 0.3) is 5.91 Å². The molecule has 0 aliphatic carbocycles. The smallest absolute Gasteiger partial charge is 0.254 e. The van der Waals surface area contributed by atoms with E-state index in [0.29, 0.717) is 23.1 Å². The molecule has 0 aliphatic rings. The van der Waals surface area contributed by atoms with Gasteiger partial charge in [-0.3, -0.25) is 4.79 Å². The number of benzene rings is 2. The fourth-order valence-electron chi connectivity index (χ4n) is 2.65. The zero-order valence-electron chi connectivity index (χ0n) is 14.9. The van der Waals surface area contributed by atoms with Crippen LogP contribution in [0.25, 0.3) is 0 Å². The summed E-state index contributed by atoms with van der Waals surface area (Å²) in [7, 11) is 0. The molecule has 1 aromatic heterocycles. The number of rotatable bonds is 7. The number of hydrogen-bond acceptors (Lipinski definition) is 4. The molecule has 1 unspecified atom stereocenters. The van der Waals surface area contributed by atoms with Gasteiger partial charge in [0.05, 0.1) is 5.56 Å². The van der Waals surface area contributed by atoms with Crippen molar-refractivity contribution < 1.29 is 4.79 Å². The van der Waals surface area contributed by atoms with Crippen LogP contribution in [0, 0.1) is 5.92 Å². The minimum Gasteiger partial charge on any atom is -0.352 e. The SMILES string of the molecule is CC(CNC(=O)c1cc(Cl)nnc1Sc1ccccc1)Cc1ccccc1. The van der Waals surface area contributed by atoms with Crippen LogP contribution >= 0.6 is 23.4 Å². The Morgan fingerprint density at radius 3 is 2.44 bits per heavy atom. The highest BCUT2D eigenvalue weighted by Crippen LogP contribution is 2.29. The normalized spacial score (nSPS) is 11.8. The summed E-state index contributed by atoms with van der Waals surface area (Å²) in [5, 5.41) is 11.7. The van der Waals surface area contributed by atoms with Gasteiger partial charge in [0.2, 0.25) is 0 Å². The molecule has 3 aromatic rings. The van der Waals surface area contributed by atoms with Gasteiger partial charge in [-0.15, -0.1) is 10.2 Å². The summed E-state index contributed by atoms with van der Waals surface area (Å²) in [5.74, 6) is 0.122. The summed E-state index contributed by atoms with van der Waals surface area (Å²) in [4.78, 5) is 13.7. The molecular formula is C21H20ClN3OS. The van der Waals surface area contributed by atoms with Gasteiger partial charge < -0.3 is 5.32 Å². The van der Waals surface area contributed by atoms with Gasteiger partial charge in [0.15, 0.2) is 5.15 Å². The molecule has 0 radical (unpaired) electrons. The molecule has 2 aromatic carbocycles. The summed E-state index contributed by atoms with van der Waals surface area (Å²) in [6.07, 6.45) is 0.905. The van der Waals surface area contributed by atoms with Crippen LogP contribution in [0.3, 0.4) is 0 Å². The Balaban J connectivity index is 1.66. The highest BCUT2D eigenvalue weighted by molar-refractivity contribution is 7.99. The van der Waals surface area contributed by atoms with E-state index in [1.54, 1.807) is 6.07 Å². The van der Waals surface area contributed by atoms with E-state index in [1.807, 2.05) is 48.5 Å². The number of carbonyl (C=O) groups excluding carboxylic acids is 1. The van der Waals surface area contributed by atoms with E-state index < -0.39 is 0 Å². The maximum atomic E-state index is 12.7. The van der Waals surface area contributed by atoms with Crippen molar-refractivity contribution in [1.29, 1.82) is 0 Å². The first-order chi connectivity index (χ1) is 13.1. The van der Waals surface area contributed by atoms with E-state index in [4.69, 9.17) is 11.6 Å². The zero-order chi connectivity index (χ0) is 19.1. The molecule has 1 atom stereocenters. The van der Waals surface area contributed by atoms with E-state index in [9.17, 15) is 4.79 Å². The standard InChI is InChI=1S/C21H20ClN3OS/c1-15(12-16-8-4-2-5-9-16)14-23-20(26)18-13-19(22)24-25-21(18)27-17-10-6-3-7-11-17/h2-11,13,15H,12,14H2,1H3,(H,23,26). The topological polar surface area (TPSA) is 54.9 Å². The van der Waals surface area contributed by atoms with Gasteiger partial charge in [-0.2, -0.15) is 0 Å². The van der Waals surface area contributed by atoms with E-state index >= 15 is 0 Å². The van der Waals surface area contributed by atoms with Crippen molar-refractivity contribution in [3.63, 3.8) is 0 Å². The molecule has 0 saturated carbocycles. The minimum absolute atomic E-state index is 0.190. The Morgan fingerprint density at radius 1 is 1.07 bits per heavy atom. The molecule has 0 saturated heterocycles. The minimum atomic E-state index is -0.190. The lowest BCUT2D eigenvalue weighted by molar-refractivity contribution is 0.0944. The summed E-state index contributed by atoms with van der Waals surface area (Å²) >= 11 is 7.37. The molecule has 0 spiro atoms. The molecule has 0 aliphatic heterocycles. The molecule has 27 heavy (non-hydrogen) atoms. The summed E-state index contributed by atoms with van der Waals surface area (Å²) in [6, 6.07) is 21.6. The number of amides is 1. The molecule has 4 nitrogen and oxygen atoms in total. The van der Waals surface area contributed by atoms with E-state index in [-0.39, 0.29) is 11.1 Å². The molecule has 0 bridgehead atoms. The van der Waals surface area contributed by atoms with E-state index in [0.717, 1.165) is 11.3 Å². The molecule has 138 valence electrons. The van der Waals surface area contributed by atoms with Crippen molar-refractivity contribution >= 4 is 29.3 Å². The number of nitrogens with one attached hydrogen (secondary N) is 1. The third-order valence-corrected chi connectivity index (χ3v) is 5.16. The van der Waals surface area contributed by atoms with Crippen molar-refractivity contribution in [3.8, 4) is 0 Å². The van der Waals surface area contributed by atoms with Crippen molar-refractivity contribution in [2.24, 2.45) is 5.92 Å². The van der Waals surface area contributed by atoms with Crippen LogP contribution in [-0.2, 0) is 6.42 Å². The Hall–Kier alpha value is -2.37. The summed E-state index contributed by atoms with van der Waals surface area (Å²) in [5.41, 5.74) is 1.70. The van der Waals surface area contributed by atoms with Crippen LogP contribution in [0.1, 0.15) is 22.8 Å². The summed E-state index contributed by atoms with van der Waals surface area (Å²) in [6.45, 7) is 2.69. The predicted octanol–water partition coefficient (Wildman–Crippen LogP) is 4.89. The summed E-state index contributed by atoms with van der Waals surface area (Å²) < 4.78 is 0. The molecule has 1 heterocycles. The van der Waals surface area contributed by atoms with Gasteiger partial charge in [-0.1, -0.05) is 78.8 Å². The number of carbonyl (C=O) groups is 1. The second-order valence-corrected chi connectivity index (χ2v) is 7.76. The molecule has 6 heteroatoms. The first kappa shape index (κ1) is 19.4. The van der Waals surface area contributed by atoms with Crippen LogP contribution in [-0.4, -0.2) is 22.6 Å². The van der Waals surface area contributed by atoms with E-state index in [1.165, 1.54) is 17.3 Å². The average molecular weight is 398 g/mol. The van der Waals surface area contributed by atoms with Crippen molar-refractivity contribution in [1.82, 2.24) is 15.5 Å². The van der Waals surface area contributed by atoms with Gasteiger partial charge in [0.1, 0.15) is 5.03 Å². The highest BCUT2D eigenvalue weighted by atomic mass is 35.5. The number of hydrogen-bond donors (Lipinski definition) is 1. The van der Waals surface area contributed by atoms with E-state index in [2.05, 4.69) is 34.6 Å². The molecule has 3 rings (SSSR count). The number of nitrogens with zero attached hydrogens (tertiary/aromatic N) is 2. The average Bonchev–Trinajstić information content (AvgIpc) is 2.69. The Kier molecular flexibility index (Phi) is 6.85. The third kappa shape index (κ3) is 5.81. The fraction of sp³-hybridized carbons (Fsp3) is 0.190. The Labute approximate surface area is 168 Å². The Morgan fingerprint density at radius 2 is 1.74 bits per heavy atom. The lowest BCUT2D eigenvalue weighted by Crippen LogP contribution is -2.29. The van der Waals surface area contributed by atoms with Crippen molar-refractivity contribution in [2.45, 2.75) is 23.3 Å². The van der Waals surface area contributed by atoms with Gasteiger partial charge in [-0.05, 0) is 36.1 Å². The number of aromatic nitrogens is 2. The van der Waals surface area contributed by atoms with Crippen LogP contribution in [0.15, 0.2) is 76.7 Å². The quantitative estimate of drug-likeness (QED) is 0.616. The van der Waals surface area contributed by atoms with Crippen molar-refractivity contribution in [3.05, 3.63) is 83.0 Å². The van der Waals surface area contributed by atoms with Crippen LogP contribution < -0.4 is 5.32 Å². The zero-order valence-corrected chi connectivity index (χ0v) is 16.5. The van der Waals surface area contributed by atoms with Crippen LogP contribution in [0.4, 0.5) is 0 Å². The first-order valence-corrected chi connectivity index (χ1v) is 9.89.